The molecule has 11 heavy (non-hydrogen) atoms. The fourth-order valence-corrected chi connectivity index (χ4v) is 1.23. The first-order valence-electron chi connectivity index (χ1n) is 4.31. The lowest BCUT2D eigenvalue weighted by atomic mass is 9.95. The first-order valence-corrected chi connectivity index (χ1v) is 4.31. The van der Waals surface area contributed by atoms with Gasteiger partial charge in [-0.15, -0.1) is 0 Å². The van der Waals surface area contributed by atoms with Crippen molar-refractivity contribution in [2.75, 3.05) is 0 Å². The summed E-state index contributed by atoms with van der Waals surface area (Å²) in [6.07, 6.45) is 11.9. The second kappa shape index (κ2) is 4.76. The van der Waals surface area contributed by atoms with Gasteiger partial charge in [0.2, 0.25) is 0 Å². The highest BCUT2D eigenvalue weighted by Gasteiger charge is 2.22. The molecule has 0 spiro atoms. The number of hydrogen-bond donors (Lipinski definition) is 1. The van der Waals surface area contributed by atoms with Crippen LogP contribution in [0.25, 0.3) is 0 Å². The summed E-state index contributed by atoms with van der Waals surface area (Å²) in [5, 5.41) is 0. The van der Waals surface area contributed by atoms with Crippen LogP contribution in [-0.4, -0.2) is 6.04 Å². The Labute approximate surface area is 70.4 Å². The largest absolute Gasteiger partial charge is 0.327 e. The molecule has 0 heterocycles. The van der Waals surface area contributed by atoms with E-state index in [1.807, 2.05) is 12.8 Å². The van der Waals surface area contributed by atoms with Gasteiger partial charge in [-0.25, -0.2) is 0 Å². The molecule has 2 N–H and O–H groups in total. The van der Waals surface area contributed by atoms with Gasteiger partial charge in [-0.05, 0) is 38.0 Å². The van der Waals surface area contributed by atoms with Gasteiger partial charge < -0.3 is 5.73 Å². The fraction of sp³-hybridized carbons (Fsp3) is 0.500. The van der Waals surface area contributed by atoms with E-state index in [1.54, 1.807) is 0 Å². The van der Waals surface area contributed by atoms with Gasteiger partial charge in [-0.2, -0.15) is 0 Å². The second-order valence-corrected chi connectivity index (χ2v) is 2.97. The predicted molar refractivity (Wildman–Crippen MR) is 47.9 cm³/mol. The highest BCUT2D eigenvalue weighted by Crippen LogP contribution is 2.27. The zero-order valence-electron chi connectivity index (χ0n) is 7.09. The Morgan fingerprint density at radius 2 is 2.00 bits per heavy atom. The quantitative estimate of drug-likeness (QED) is 0.651. The van der Waals surface area contributed by atoms with Crippen molar-refractivity contribution < 1.29 is 0 Å². The molecule has 1 fully saturated rings. The lowest BCUT2D eigenvalue weighted by Gasteiger charge is -2.16. The summed E-state index contributed by atoms with van der Waals surface area (Å²) in [7, 11) is 0. The van der Waals surface area contributed by atoms with Gasteiger partial charge in [0.25, 0.3) is 0 Å². The first-order chi connectivity index (χ1) is 5.34. The van der Waals surface area contributed by atoms with Crippen molar-refractivity contribution in [3.05, 3.63) is 31.6 Å². The third kappa shape index (κ3) is 2.82. The number of hydrogen-bond acceptors (Lipinski definition) is 1. The number of unbranched alkanes of at least 4 members (excludes halogenated alkanes) is 1. The van der Waals surface area contributed by atoms with Crippen LogP contribution in [0, 0.1) is 31.6 Å². The standard InChI is InChI=1S/C10H16N/c1-2-3-8-10(11)9-6-4-5-7-9/h4-7,10H,2-3,8,11H2,1H3/t10-/m1/s1. The van der Waals surface area contributed by atoms with Crippen molar-refractivity contribution in [1.29, 1.82) is 0 Å². The van der Waals surface area contributed by atoms with Crippen molar-refractivity contribution in [3.63, 3.8) is 0 Å². The van der Waals surface area contributed by atoms with Gasteiger partial charge in [0, 0.05) is 6.04 Å². The molecule has 5 radical (unpaired) electrons. The summed E-state index contributed by atoms with van der Waals surface area (Å²) in [4.78, 5) is 0. The van der Waals surface area contributed by atoms with E-state index in [-0.39, 0.29) is 6.04 Å². The fourth-order valence-electron chi connectivity index (χ4n) is 1.23. The number of rotatable bonds is 4. The van der Waals surface area contributed by atoms with Crippen molar-refractivity contribution in [2.24, 2.45) is 5.73 Å². The molecule has 1 saturated carbocycles. The van der Waals surface area contributed by atoms with Gasteiger partial charge in [0.15, 0.2) is 0 Å². The predicted octanol–water partition coefficient (Wildman–Crippen LogP) is 1.91. The molecule has 0 aliphatic heterocycles. The summed E-state index contributed by atoms with van der Waals surface area (Å²) in [6.45, 7) is 2.19. The highest BCUT2D eigenvalue weighted by atomic mass is 14.6. The zero-order valence-corrected chi connectivity index (χ0v) is 7.09. The Balaban J connectivity index is 2.12. The van der Waals surface area contributed by atoms with Crippen molar-refractivity contribution in [1.82, 2.24) is 0 Å². The molecule has 0 aromatic heterocycles. The molecule has 1 rings (SSSR count). The second-order valence-electron chi connectivity index (χ2n) is 2.97. The average Bonchev–Trinajstić information content (AvgIpc) is 2.52. The molecule has 0 aromatic rings. The maximum Gasteiger partial charge on any atom is 0.0107 e. The summed E-state index contributed by atoms with van der Waals surface area (Å²) in [5.74, 6) is 1.28. The molecule has 1 atom stereocenters. The summed E-state index contributed by atoms with van der Waals surface area (Å²) < 4.78 is 0. The van der Waals surface area contributed by atoms with E-state index in [2.05, 4.69) is 19.8 Å². The lowest BCUT2D eigenvalue weighted by molar-refractivity contribution is 0.607. The smallest absolute Gasteiger partial charge is 0.0107 e. The average molecular weight is 150 g/mol. The summed E-state index contributed by atoms with van der Waals surface area (Å²) in [6, 6.07) is 0.255. The maximum atomic E-state index is 5.93. The molecule has 1 nitrogen and oxygen atoms in total. The van der Waals surface area contributed by atoms with E-state index in [0.717, 1.165) is 6.42 Å². The zero-order chi connectivity index (χ0) is 8.10. The van der Waals surface area contributed by atoms with Crippen LogP contribution >= 0.6 is 0 Å². The molecular weight excluding hydrogens is 134 g/mol. The number of nitrogens with two attached hydrogens (primary N) is 1. The molecule has 0 amide bonds. The van der Waals surface area contributed by atoms with Crippen LogP contribution in [0.1, 0.15) is 26.2 Å². The lowest BCUT2D eigenvalue weighted by Crippen LogP contribution is -2.27. The Morgan fingerprint density at radius 1 is 1.36 bits per heavy atom. The maximum absolute atomic E-state index is 5.93. The Bertz CT molecular complexity index is 95.0. The van der Waals surface area contributed by atoms with Crippen LogP contribution in [-0.2, 0) is 0 Å². The van der Waals surface area contributed by atoms with Gasteiger partial charge in [0.05, 0.1) is 0 Å². The minimum absolute atomic E-state index is 0.255. The van der Waals surface area contributed by atoms with Crippen LogP contribution in [0.3, 0.4) is 0 Å². The van der Waals surface area contributed by atoms with Crippen molar-refractivity contribution in [3.8, 4) is 0 Å². The molecule has 0 saturated heterocycles. The van der Waals surface area contributed by atoms with E-state index < -0.39 is 0 Å². The van der Waals surface area contributed by atoms with Gasteiger partial charge in [0.1, 0.15) is 0 Å². The third-order valence-electron chi connectivity index (χ3n) is 1.99. The molecule has 1 aliphatic rings. The summed E-state index contributed by atoms with van der Waals surface area (Å²) >= 11 is 0. The molecule has 0 unspecified atom stereocenters. The Morgan fingerprint density at radius 3 is 2.55 bits per heavy atom. The highest BCUT2D eigenvalue weighted by molar-refractivity contribution is 5.38. The first kappa shape index (κ1) is 9.05. The SMILES string of the molecule is CCCC[C@@H](N)[C]1[CH][CH][CH][CH]1. The van der Waals surface area contributed by atoms with Gasteiger partial charge >= 0.3 is 0 Å². The monoisotopic (exact) mass is 150 g/mol. The van der Waals surface area contributed by atoms with Crippen LogP contribution in [0.4, 0.5) is 0 Å². The summed E-state index contributed by atoms with van der Waals surface area (Å²) in [5.41, 5.74) is 5.93. The Hall–Kier alpha value is -0.0400. The molecule has 61 valence electrons. The normalized spacial score (nSPS) is 22.4. The molecule has 1 heteroatoms. The van der Waals surface area contributed by atoms with Crippen LogP contribution in [0.5, 0.6) is 0 Å². The van der Waals surface area contributed by atoms with Gasteiger partial charge in [-0.3, -0.25) is 0 Å². The van der Waals surface area contributed by atoms with E-state index in [0.29, 0.717) is 0 Å². The third-order valence-corrected chi connectivity index (χ3v) is 1.99. The van der Waals surface area contributed by atoms with Gasteiger partial charge in [-0.1, -0.05) is 19.8 Å². The van der Waals surface area contributed by atoms with Crippen molar-refractivity contribution in [2.45, 2.75) is 32.2 Å². The van der Waals surface area contributed by atoms with E-state index in [4.69, 9.17) is 5.73 Å². The van der Waals surface area contributed by atoms with E-state index in [9.17, 15) is 0 Å². The van der Waals surface area contributed by atoms with E-state index >= 15 is 0 Å². The topological polar surface area (TPSA) is 26.0 Å². The molecular formula is C10H16N. The van der Waals surface area contributed by atoms with Crippen LogP contribution < -0.4 is 5.73 Å². The van der Waals surface area contributed by atoms with Crippen LogP contribution in [0.2, 0.25) is 0 Å². The van der Waals surface area contributed by atoms with Crippen LogP contribution in [0.15, 0.2) is 0 Å². The van der Waals surface area contributed by atoms with Crippen molar-refractivity contribution >= 4 is 0 Å². The minimum Gasteiger partial charge on any atom is -0.327 e. The minimum atomic E-state index is 0.255. The Kier molecular flexibility index (Phi) is 3.92. The van der Waals surface area contributed by atoms with E-state index in [1.165, 1.54) is 18.8 Å². The molecule has 1 aliphatic carbocycles. The molecule has 0 aromatic carbocycles. The molecule has 0 bridgehead atoms.